The van der Waals surface area contributed by atoms with Crippen LogP contribution in [0.25, 0.3) is 0 Å². The number of rotatable bonds is 3. The minimum atomic E-state index is -2.98. The smallest absolute Gasteiger partial charge is 0.267 e. The van der Waals surface area contributed by atoms with Crippen LogP contribution in [0.1, 0.15) is 59.1 Å². The zero-order valence-electron chi connectivity index (χ0n) is 12.5. The summed E-state index contributed by atoms with van der Waals surface area (Å²) in [5.41, 5.74) is 0.273. The minimum Gasteiger partial charge on any atom is -0.469 e. The van der Waals surface area contributed by atoms with E-state index in [0.29, 0.717) is 11.7 Å². The van der Waals surface area contributed by atoms with Gasteiger partial charge in [0.2, 0.25) is 11.8 Å². The predicted octanol–water partition coefficient (Wildman–Crippen LogP) is 3.07. The fourth-order valence-electron chi connectivity index (χ4n) is 2.89. The predicted molar refractivity (Wildman–Crippen MR) is 73.1 cm³/mol. The van der Waals surface area contributed by atoms with Crippen molar-refractivity contribution in [2.45, 2.75) is 44.1 Å². The van der Waals surface area contributed by atoms with Gasteiger partial charge in [-0.3, -0.25) is 4.79 Å². The molecular weight excluding hydrogens is 308 g/mol. The fourth-order valence-corrected chi connectivity index (χ4v) is 2.89. The van der Waals surface area contributed by atoms with Crippen LogP contribution in [0.15, 0.2) is 21.2 Å². The molecule has 1 amide bonds. The fraction of sp³-hybridized carbons (Fsp3) is 0.533. The third kappa shape index (κ3) is 2.51. The maximum absolute atomic E-state index is 13.9. The van der Waals surface area contributed by atoms with E-state index in [-0.39, 0.29) is 17.4 Å². The summed E-state index contributed by atoms with van der Waals surface area (Å²) in [4.78, 5) is 13.7. The molecule has 1 atom stereocenters. The highest BCUT2D eigenvalue weighted by Gasteiger charge is 2.50. The molecule has 0 N–H and O–H groups in total. The number of hydrogen-bond acceptors (Lipinski definition) is 5. The van der Waals surface area contributed by atoms with Gasteiger partial charge in [0.1, 0.15) is 11.8 Å². The first-order chi connectivity index (χ1) is 10.9. The van der Waals surface area contributed by atoms with Crippen LogP contribution in [-0.2, 0) is 0 Å². The molecule has 1 saturated heterocycles. The number of halogens is 2. The van der Waals surface area contributed by atoms with Crippen LogP contribution in [0.4, 0.5) is 8.78 Å². The van der Waals surface area contributed by atoms with Crippen LogP contribution in [0.5, 0.6) is 0 Å². The molecular formula is C15H15F2N3O3. The largest absolute Gasteiger partial charge is 0.469 e. The number of aromatic nitrogens is 2. The topological polar surface area (TPSA) is 72.4 Å². The van der Waals surface area contributed by atoms with Crippen molar-refractivity contribution in [2.75, 3.05) is 6.54 Å². The van der Waals surface area contributed by atoms with Crippen molar-refractivity contribution in [3.8, 4) is 0 Å². The molecule has 3 heterocycles. The third-order valence-electron chi connectivity index (χ3n) is 4.29. The molecule has 0 spiro atoms. The Labute approximate surface area is 130 Å². The second-order valence-corrected chi connectivity index (χ2v) is 6.15. The maximum atomic E-state index is 13.9. The first-order valence-electron chi connectivity index (χ1n) is 7.51. The highest BCUT2D eigenvalue weighted by atomic mass is 19.3. The van der Waals surface area contributed by atoms with E-state index in [2.05, 4.69) is 10.2 Å². The standard InChI is InChI=1S/C15H15F2N3O3/c1-8-10(4-5-22-8)14(21)20-7-15(16,17)6-11(20)13-19-18-12(23-13)9-2-3-9/h4-5,9,11H,2-3,6-7H2,1H3/t11-/m0/s1. The zero-order valence-corrected chi connectivity index (χ0v) is 12.5. The van der Waals surface area contributed by atoms with Crippen LogP contribution in [0.3, 0.4) is 0 Å². The van der Waals surface area contributed by atoms with Crippen LogP contribution in [-0.4, -0.2) is 33.5 Å². The SMILES string of the molecule is Cc1occc1C(=O)N1CC(F)(F)C[C@H]1c1nnc(C2CC2)o1. The molecule has 2 aliphatic rings. The van der Waals surface area contributed by atoms with E-state index in [1.807, 2.05) is 0 Å². The summed E-state index contributed by atoms with van der Waals surface area (Å²) in [6.45, 7) is 0.955. The van der Waals surface area contributed by atoms with Crippen LogP contribution >= 0.6 is 0 Å². The highest BCUT2D eigenvalue weighted by Crippen LogP contribution is 2.44. The summed E-state index contributed by atoms with van der Waals surface area (Å²) in [7, 11) is 0. The Balaban J connectivity index is 1.65. The number of likely N-dealkylation sites (tertiary alicyclic amines) is 1. The lowest BCUT2D eigenvalue weighted by molar-refractivity contribution is 0.0116. The molecule has 0 radical (unpaired) electrons. The average molecular weight is 323 g/mol. The summed E-state index contributed by atoms with van der Waals surface area (Å²) >= 11 is 0. The second kappa shape index (κ2) is 4.87. The van der Waals surface area contributed by atoms with Gasteiger partial charge in [0.25, 0.3) is 11.8 Å². The first-order valence-corrected chi connectivity index (χ1v) is 7.51. The second-order valence-electron chi connectivity index (χ2n) is 6.15. The van der Waals surface area contributed by atoms with Crippen molar-refractivity contribution in [3.05, 3.63) is 35.4 Å². The number of hydrogen-bond donors (Lipinski definition) is 0. The van der Waals surface area contributed by atoms with Gasteiger partial charge in [-0.25, -0.2) is 8.78 Å². The van der Waals surface area contributed by atoms with Gasteiger partial charge in [0.05, 0.1) is 18.4 Å². The number of furan rings is 1. The molecule has 2 fully saturated rings. The molecule has 122 valence electrons. The van der Waals surface area contributed by atoms with Gasteiger partial charge in [-0.2, -0.15) is 0 Å². The highest BCUT2D eigenvalue weighted by molar-refractivity contribution is 5.95. The van der Waals surface area contributed by atoms with Crippen molar-refractivity contribution in [1.29, 1.82) is 0 Å². The lowest BCUT2D eigenvalue weighted by atomic mass is 10.1. The van der Waals surface area contributed by atoms with Crippen molar-refractivity contribution >= 4 is 5.91 Å². The lowest BCUT2D eigenvalue weighted by Gasteiger charge is -2.20. The summed E-state index contributed by atoms with van der Waals surface area (Å²) in [5, 5.41) is 7.82. The zero-order chi connectivity index (χ0) is 16.2. The van der Waals surface area contributed by atoms with Gasteiger partial charge < -0.3 is 13.7 Å². The number of nitrogens with zero attached hydrogens (tertiary/aromatic N) is 3. The number of alkyl halides is 2. The van der Waals surface area contributed by atoms with Gasteiger partial charge in [-0.1, -0.05) is 0 Å². The van der Waals surface area contributed by atoms with E-state index in [4.69, 9.17) is 8.83 Å². The van der Waals surface area contributed by atoms with Gasteiger partial charge >= 0.3 is 0 Å². The van der Waals surface area contributed by atoms with Gasteiger partial charge in [0, 0.05) is 12.3 Å². The number of aryl methyl sites for hydroxylation is 1. The molecule has 0 bridgehead atoms. The van der Waals surface area contributed by atoms with Crippen molar-refractivity contribution < 1.29 is 22.4 Å². The van der Waals surface area contributed by atoms with E-state index < -0.39 is 30.8 Å². The van der Waals surface area contributed by atoms with Crippen LogP contribution in [0.2, 0.25) is 0 Å². The third-order valence-corrected chi connectivity index (χ3v) is 4.29. The van der Waals surface area contributed by atoms with Crippen LogP contribution in [0, 0.1) is 6.92 Å². The summed E-state index contributed by atoms with van der Waals surface area (Å²) in [6.07, 6.45) is 2.80. The molecule has 23 heavy (non-hydrogen) atoms. The summed E-state index contributed by atoms with van der Waals surface area (Å²) in [5.74, 6) is -2.30. The molecule has 1 aliphatic carbocycles. The lowest BCUT2D eigenvalue weighted by Crippen LogP contribution is -2.33. The van der Waals surface area contributed by atoms with E-state index >= 15 is 0 Å². The van der Waals surface area contributed by atoms with E-state index in [1.54, 1.807) is 6.92 Å². The Hall–Kier alpha value is -2.25. The first kappa shape index (κ1) is 14.3. The van der Waals surface area contributed by atoms with Gasteiger partial charge in [-0.05, 0) is 25.8 Å². The molecule has 1 aliphatic heterocycles. The molecule has 0 unspecified atom stereocenters. The Morgan fingerprint density at radius 3 is 2.74 bits per heavy atom. The summed E-state index contributed by atoms with van der Waals surface area (Å²) in [6, 6.07) is 0.570. The number of amides is 1. The molecule has 1 saturated carbocycles. The quantitative estimate of drug-likeness (QED) is 0.868. The van der Waals surface area contributed by atoms with Crippen LogP contribution < -0.4 is 0 Å². The van der Waals surface area contributed by atoms with Crippen molar-refractivity contribution in [2.24, 2.45) is 0 Å². The molecule has 4 rings (SSSR count). The molecule has 2 aromatic rings. The summed E-state index contributed by atoms with van der Waals surface area (Å²) < 4.78 is 38.4. The Morgan fingerprint density at radius 1 is 1.35 bits per heavy atom. The average Bonchev–Trinajstić information content (AvgIpc) is 2.94. The number of carbonyl (C=O) groups is 1. The molecule has 0 aromatic carbocycles. The molecule has 8 heteroatoms. The normalized spacial score (nSPS) is 23.4. The maximum Gasteiger partial charge on any atom is 0.267 e. The van der Waals surface area contributed by atoms with E-state index in [1.165, 1.54) is 12.3 Å². The molecule has 2 aromatic heterocycles. The monoisotopic (exact) mass is 323 g/mol. The van der Waals surface area contributed by atoms with Crippen molar-refractivity contribution in [3.63, 3.8) is 0 Å². The minimum absolute atomic E-state index is 0.0820. The van der Waals surface area contributed by atoms with Gasteiger partial charge in [-0.15, -0.1) is 10.2 Å². The Morgan fingerprint density at radius 2 is 2.09 bits per heavy atom. The Bertz CT molecular complexity index is 751. The van der Waals surface area contributed by atoms with E-state index in [9.17, 15) is 13.6 Å². The van der Waals surface area contributed by atoms with Crippen molar-refractivity contribution in [1.82, 2.24) is 15.1 Å². The van der Waals surface area contributed by atoms with E-state index in [0.717, 1.165) is 17.7 Å². The van der Waals surface area contributed by atoms with Gasteiger partial charge in [0.15, 0.2) is 0 Å². The Kier molecular flexibility index (Phi) is 3.04. The molecule has 6 nitrogen and oxygen atoms in total. The number of carbonyl (C=O) groups excluding carboxylic acids is 1.